The minimum absolute atomic E-state index is 0.167. The van der Waals surface area contributed by atoms with Crippen molar-refractivity contribution in [3.8, 4) is 0 Å². The second-order valence-corrected chi connectivity index (χ2v) is 5.86. The Balaban J connectivity index is 2.18. The summed E-state index contributed by atoms with van der Waals surface area (Å²) in [6.07, 6.45) is 0. The van der Waals surface area contributed by atoms with Crippen LogP contribution in [0.2, 0.25) is 5.02 Å². The smallest absolute Gasteiger partial charge is 0.146 e. The molecule has 0 aliphatic carbocycles. The van der Waals surface area contributed by atoms with E-state index in [2.05, 4.69) is 18.7 Å². The van der Waals surface area contributed by atoms with Crippen LogP contribution in [-0.4, -0.2) is 10.9 Å². The van der Waals surface area contributed by atoms with Gasteiger partial charge in [-0.1, -0.05) is 35.9 Å². The van der Waals surface area contributed by atoms with Gasteiger partial charge >= 0.3 is 0 Å². The van der Waals surface area contributed by atoms with Gasteiger partial charge in [0, 0.05) is 30.4 Å². The zero-order valence-corrected chi connectivity index (χ0v) is 13.1. The number of nitrogens with zero attached hydrogens (tertiary/aromatic N) is 1. The number of nitrogens with two attached hydrogens (primary N) is 1. The fourth-order valence-corrected chi connectivity index (χ4v) is 2.43. The second-order valence-electron chi connectivity index (χ2n) is 5.46. The SMILES string of the molecule is CC(C)N(Cc1cccc(N)c1)Cc1cccc(Cl)c1F. The third-order valence-corrected chi connectivity index (χ3v) is 3.76. The quantitative estimate of drug-likeness (QED) is 0.826. The highest BCUT2D eigenvalue weighted by Crippen LogP contribution is 2.21. The summed E-state index contributed by atoms with van der Waals surface area (Å²) < 4.78 is 14.0. The Morgan fingerprint density at radius 3 is 2.52 bits per heavy atom. The lowest BCUT2D eigenvalue weighted by molar-refractivity contribution is 0.201. The lowest BCUT2D eigenvalue weighted by Crippen LogP contribution is -2.30. The van der Waals surface area contributed by atoms with Crippen LogP contribution in [0.3, 0.4) is 0 Å². The topological polar surface area (TPSA) is 29.3 Å². The van der Waals surface area contributed by atoms with E-state index in [-0.39, 0.29) is 16.9 Å². The van der Waals surface area contributed by atoms with Gasteiger partial charge in [0.1, 0.15) is 5.82 Å². The summed E-state index contributed by atoms with van der Waals surface area (Å²) in [5.41, 5.74) is 8.28. The Labute approximate surface area is 130 Å². The fraction of sp³-hybridized carbons (Fsp3) is 0.294. The number of rotatable bonds is 5. The molecule has 0 aromatic heterocycles. The first-order valence-electron chi connectivity index (χ1n) is 6.98. The standard InChI is InChI=1S/C17H20ClFN2/c1-12(2)21(10-13-5-3-7-15(20)9-13)11-14-6-4-8-16(18)17(14)19/h3-9,12H,10-11,20H2,1-2H3. The molecule has 2 N–H and O–H groups in total. The maximum Gasteiger partial charge on any atom is 0.146 e. The first-order chi connectivity index (χ1) is 9.97. The highest BCUT2D eigenvalue weighted by atomic mass is 35.5. The molecule has 2 aromatic rings. The summed E-state index contributed by atoms with van der Waals surface area (Å²) in [7, 11) is 0. The fourth-order valence-electron chi connectivity index (χ4n) is 2.24. The van der Waals surface area contributed by atoms with Crippen molar-refractivity contribution in [2.45, 2.75) is 33.0 Å². The first kappa shape index (κ1) is 15.8. The zero-order valence-electron chi connectivity index (χ0n) is 12.3. The number of hydrogen-bond acceptors (Lipinski definition) is 2. The highest BCUT2D eigenvalue weighted by Gasteiger charge is 2.14. The molecule has 0 saturated heterocycles. The van der Waals surface area contributed by atoms with Crippen molar-refractivity contribution in [1.82, 2.24) is 4.90 Å². The monoisotopic (exact) mass is 306 g/mol. The molecule has 21 heavy (non-hydrogen) atoms. The molecule has 0 aliphatic rings. The van der Waals surface area contributed by atoms with Gasteiger partial charge in [0.15, 0.2) is 0 Å². The molecule has 0 unspecified atom stereocenters. The van der Waals surface area contributed by atoms with Gasteiger partial charge < -0.3 is 5.73 Å². The third kappa shape index (κ3) is 4.19. The van der Waals surface area contributed by atoms with E-state index >= 15 is 0 Å². The van der Waals surface area contributed by atoms with E-state index in [1.165, 1.54) is 0 Å². The average Bonchev–Trinajstić information content (AvgIpc) is 2.43. The van der Waals surface area contributed by atoms with Crippen LogP contribution in [0.4, 0.5) is 10.1 Å². The van der Waals surface area contributed by atoms with Crippen LogP contribution in [0.25, 0.3) is 0 Å². The van der Waals surface area contributed by atoms with Gasteiger partial charge in [-0.05, 0) is 37.6 Å². The number of benzene rings is 2. The maximum absolute atomic E-state index is 14.0. The molecule has 0 spiro atoms. The summed E-state index contributed by atoms with van der Waals surface area (Å²) in [4.78, 5) is 2.18. The lowest BCUT2D eigenvalue weighted by atomic mass is 10.1. The summed E-state index contributed by atoms with van der Waals surface area (Å²) in [5, 5.41) is 0.167. The maximum atomic E-state index is 14.0. The van der Waals surface area contributed by atoms with Gasteiger partial charge in [0.05, 0.1) is 5.02 Å². The molecule has 0 atom stereocenters. The molecular weight excluding hydrogens is 287 g/mol. The zero-order chi connectivity index (χ0) is 15.4. The van der Waals surface area contributed by atoms with Crippen LogP contribution in [-0.2, 0) is 13.1 Å². The Hall–Kier alpha value is -1.58. The molecule has 0 radical (unpaired) electrons. The molecule has 0 amide bonds. The van der Waals surface area contributed by atoms with Crippen LogP contribution >= 0.6 is 11.6 Å². The van der Waals surface area contributed by atoms with Crippen LogP contribution in [0.15, 0.2) is 42.5 Å². The summed E-state index contributed by atoms with van der Waals surface area (Å²) in [6.45, 7) is 5.41. The number of hydrogen-bond donors (Lipinski definition) is 1. The Bertz CT molecular complexity index is 613. The molecule has 4 heteroatoms. The van der Waals surface area contributed by atoms with E-state index in [0.29, 0.717) is 18.7 Å². The number of halogens is 2. The molecule has 0 heterocycles. The van der Waals surface area contributed by atoms with Crippen molar-refractivity contribution in [3.63, 3.8) is 0 Å². The van der Waals surface area contributed by atoms with Gasteiger partial charge in [0.2, 0.25) is 0 Å². The molecule has 0 aliphatic heterocycles. The van der Waals surface area contributed by atoms with Crippen molar-refractivity contribution >= 4 is 17.3 Å². The summed E-state index contributed by atoms with van der Waals surface area (Å²) >= 11 is 5.85. The van der Waals surface area contributed by atoms with Crippen LogP contribution < -0.4 is 5.73 Å². The molecule has 2 aromatic carbocycles. The van der Waals surface area contributed by atoms with E-state index in [0.717, 1.165) is 11.3 Å². The molecule has 112 valence electrons. The van der Waals surface area contributed by atoms with Gasteiger partial charge in [-0.2, -0.15) is 0 Å². The van der Waals surface area contributed by atoms with Crippen molar-refractivity contribution in [2.75, 3.05) is 5.73 Å². The van der Waals surface area contributed by atoms with E-state index in [9.17, 15) is 4.39 Å². The molecule has 0 bridgehead atoms. The Morgan fingerprint density at radius 2 is 1.86 bits per heavy atom. The normalized spacial score (nSPS) is 11.3. The van der Waals surface area contributed by atoms with Gasteiger partial charge in [-0.3, -0.25) is 4.90 Å². The van der Waals surface area contributed by atoms with E-state index in [4.69, 9.17) is 17.3 Å². The van der Waals surface area contributed by atoms with E-state index < -0.39 is 0 Å². The van der Waals surface area contributed by atoms with Crippen molar-refractivity contribution in [2.24, 2.45) is 0 Å². The first-order valence-corrected chi connectivity index (χ1v) is 7.36. The predicted molar refractivity (Wildman–Crippen MR) is 86.6 cm³/mol. The molecule has 0 saturated carbocycles. The predicted octanol–water partition coefficient (Wildman–Crippen LogP) is 4.47. The van der Waals surface area contributed by atoms with Crippen molar-refractivity contribution in [1.29, 1.82) is 0 Å². The average molecular weight is 307 g/mol. The van der Waals surface area contributed by atoms with Crippen molar-refractivity contribution in [3.05, 3.63) is 64.4 Å². The van der Waals surface area contributed by atoms with Gasteiger partial charge in [-0.15, -0.1) is 0 Å². The third-order valence-electron chi connectivity index (χ3n) is 3.47. The van der Waals surface area contributed by atoms with Crippen molar-refractivity contribution < 1.29 is 4.39 Å². The Morgan fingerprint density at radius 1 is 1.14 bits per heavy atom. The molecule has 2 rings (SSSR count). The van der Waals surface area contributed by atoms with E-state index in [1.807, 2.05) is 24.3 Å². The summed E-state index contributed by atoms with van der Waals surface area (Å²) in [5.74, 6) is -0.336. The Kier molecular flexibility index (Phi) is 5.21. The minimum atomic E-state index is -0.336. The van der Waals surface area contributed by atoms with Crippen LogP contribution in [0, 0.1) is 5.82 Å². The van der Waals surface area contributed by atoms with Gasteiger partial charge in [-0.25, -0.2) is 4.39 Å². The number of anilines is 1. The second kappa shape index (κ2) is 6.92. The molecule has 0 fully saturated rings. The van der Waals surface area contributed by atoms with E-state index in [1.54, 1.807) is 18.2 Å². The largest absolute Gasteiger partial charge is 0.399 e. The summed E-state index contributed by atoms with van der Waals surface area (Å²) in [6, 6.07) is 13.2. The van der Waals surface area contributed by atoms with Gasteiger partial charge in [0.25, 0.3) is 0 Å². The van der Waals surface area contributed by atoms with Crippen LogP contribution in [0.5, 0.6) is 0 Å². The highest BCUT2D eigenvalue weighted by molar-refractivity contribution is 6.30. The lowest BCUT2D eigenvalue weighted by Gasteiger charge is -2.27. The molecule has 2 nitrogen and oxygen atoms in total. The minimum Gasteiger partial charge on any atom is -0.399 e. The molecular formula is C17H20ClFN2. The van der Waals surface area contributed by atoms with Crippen LogP contribution in [0.1, 0.15) is 25.0 Å². The number of nitrogen functional groups attached to an aromatic ring is 1.